The van der Waals surface area contributed by atoms with E-state index in [1.165, 1.54) is 83.5 Å². The van der Waals surface area contributed by atoms with E-state index >= 15 is 0 Å². The molecule has 3 saturated carbocycles. The van der Waals surface area contributed by atoms with Crippen LogP contribution in [0.1, 0.15) is 104 Å². The molecular formula is C26H46O. The first-order valence-corrected chi connectivity index (χ1v) is 12.8. The van der Waals surface area contributed by atoms with Gasteiger partial charge in [-0.15, -0.1) is 0 Å². The van der Waals surface area contributed by atoms with Crippen molar-refractivity contribution in [3.63, 3.8) is 0 Å². The van der Waals surface area contributed by atoms with Crippen LogP contribution < -0.4 is 0 Å². The van der Waals surface area contributed by atoms with E-state index in [0.29, 0.717) is 6.10 Å². The third kappa shape index (κ3) is 4.59. The van der Waals surface area contributed by atoms with E-state index in [4.69, 9.17) is 4.74 Å². The smallest absolute Gasteiger partial charge is 0.0634 e. The van der Waals surface area contributed by atoms with E-state index in [2.05, 4.69) is 20.8 Å². The number of fused-ring (bicyclic) bond motifs is 4. The van der Waals surface area contributed by atoms with Crippen molar-refractivity contribution in [3.05, 3.63) is 0 Å². The zero-order valence-electron chi connectivity index (χ0n) is 18.5. The molecule has 0 spiro atoms. The Kier molecular flexibility index (Phi) is 6.89. The molecule has 0 amide bonds. The molecule has 0 radical (unpaired) electrons. The van der Waals surface area contributed by atoms with Crippen LogP contribution in [0.25, 0.3) is 0 Å². The molecule has 9 atom stereocenters. The highest BCUT2D eigenvalue weighted by Crippen LogP contribution is 2.55. The van der Waals surface area contributed by atoms with Crippen molar-refractivity contribution in [3.8, 4) is 0 Å². The van der Waals surface area contributed by atoms with E-state index in [0.717, 1.165) is 54.0 Å². The van der Waals surface area contributed by atoms with Crippen molar-refractivity contribution in [2.24, 2.45) is 47.3 Å². The Morgan fingerprint density at radius 3 is 2.41 bits per heavy atom. The van der Waals surface area contributed by atoms with Gasteiger partial charge in [-0.1, -0.05) is 65.7 Å². The molecule has 0 N–H and O–H groups in total. The fourth-order valence-corrected chi connectivity index (χ4v) is 7.41. The monoisotopic (exact) mass is 374 g/mol. The summed E-state index contributed by atoms with van der Waals surface area (Å²) in [6.45, 7) is 8.54. The lowest BCUT2D eigenvalue weighted by Crippen LogP contribution is -2.43. The normalized spacial score (nSPS) is 47.9. The lowest BCUT2D eigenvalue weighted by Gasteiger charge is -2.46. The number of hydrogen-bond donors (Lipinski definition) is 0. The van der Waals surface area contributed by atoms with Crippen molar-refractivity contribution in [1.82, 2.24) is 0 Å². The summed E-state index contributed by atoms with van der Waals surface area (Å²) in [5.41, 5.74) is 0. The van der Waals surface area contributed by atoms with Gasteiger partial charge in [-0.25, -0.2) is 0 Å². The standard InChI is InChI=1S/C26H46O/c1-4-5-6-11-23-24-15-12-18(2)19(3)16-21-14-13-20-9-7-8-10-22(20)26(21)27-17-25(23)24/h18-26H,4-17H2,1-3H3/t18?,19?,20-,21+,22+,23?,24?,25?,26-/m0/s1. The van der Waals surface area contributed by atoms with Gasteiger partial charge in [-0.2, -0.15) is 0 Å². The zero-order chi connectivity index (χ0) is 18.8. The van der Waals surface area contributed by atoms with E-state index in [9.17, 15) is 0 Å². The van der Waals surface area contributed by atoms with Crippen LogP contribution in [0.5, 0.6) is 0 Å². The largest absolute Gasteiger partial charge is 0.377 e. The molecule has 1 aliphatic heterocycles. The van der Waals surface area contributed by atoms with Gasteiger partial charge in [0, 0.05) is 0 Å². The van der Waals surface area contributed by atoms with Crippen LogP contribution in [-0.2, 0) is 4.74 Å². The molecule has 0 bridgehead atoms. The van der Waals surface area contributed by atoms with Gasteiger partial charge in [0.05, 0.1) is 12.7 Å². The summed E-state index contributed by atoms with van der Waals surface area (Å²) < 4.78 is 6.92. The third-order valence-electron chi connectivity index (χ3n) is 9.50. The average molecular weight is 375 g/mol. The predicted octanol–water partition coefficient (Wildman–Crippen LogP) is 7.49. The zero-order valence-corrected chi connectivity index (χ0v) is 18.5. The lowest BCUT2D eigenvalue weighted by atomic mass is 9.64. The molecule has 0 aromatic rings. The van der Waals surface area contributed by atoms with Crippen molar-refractivity contribution in [1.29, 1.82) is 0 Å². The minimum Gasteiger partial charge on any atom is -0.377 e. The van der Waals surface area contributed by atoms with Gasteiger partial charge in [0.1, 0.15) is 0 Å². The summed E-state index contributed by atoms with van der Waals surface area (Å²) in [6.07, 6.45) is 19.6. The minimum absolute atomic E-state index is 0.606. The topological polar surface area (TPSA) is 9.23 Å². The first-order chi connectivity index (χ1) is 13.2. The van der Waals surface area contributed by atoms with E-state index in [1.54, 1.807) is 0 Å². The molecule has 1 nitrogen and oxygen atoms in total. The first-order valence-electron chi connectivity index (χ1n) is 12.8. The molecule has 0 aromatic heterocycles. The Labute approximate surface area is 169 Å². The second kappa shape index (κ2) is 9.19. The van der Waals surface area contributed by atoms with Crippen LogP contribution >= 0.6 is 0 Å². The summed E-state index contributed by atoms with van der Waals surface area (Å²) in [4.78, 5) is 0. The molecule has 1 heterocycles. The van der Waals surface area contributed by atoms with Gasteiger partial charge in [-0.05, 0) is 85.9 Å². The Hall–Kier alpha value is -0.0400. The quantitative estimate of drug-likeness (QED) is 0.463. The third-order valence-corrected chi connectivity index (χ3v) is 9.50. The molecular weight excluding hydrogens is 328 g/mol. The summed E-state index contributed by atoms with van der Waals surface area (Å²) >= 11 is 0. The summed E-state index contributed by atoms with van der Waals surface area (Å²) in [6, 6.07) is 0. The highest BCUT2D eigenvalue weighted by Gasteiger charge is 2.50. The number of ether oxygens (including phenoxy) is 1. The second-order valence-electron chi connectivity index (χ2n) is 11.1. The molecule has 4 rings (SSSR count). The van der Waals surface area contributed by atoms with Crippen molar-refractivity contribution in [2.75, 3.05) is 6.61 Å². The number of unbranched alkanes of at least 4 members (excludes halogenated alkanes) is 2. The van der Waals surface area contributed by atoms with Gasteiger partial charge in [0.15, 0.2) is 0 Å². The fourth-order valence-electron chi connectivity index (χ4n) is 7.41. The molecule has 4 aliphatic rings. The molecule has 3 aliphatic carbocycles. The van der Waals surface area contributed by atoms with Gasteiger partial charge in [0.2, 0.25) is 0 Å². The van der Waals surface area contributed by atoms with Crippen molar-refractivity contribution in [2.45, 2.75) is 110 Å². The van der Waals surface area contributed by atoms with Crippen molar-refractivity contribution >= 4 is 0 Å². The Balaban J connectivity index is 1.45. The maximum Gasteiger partial charge on any atom is 0.0634 e. The molecule has 1 heteroatoms. The first kappa shape index (κ1) is 20.2. The van der Waals surface area contributed by atoms with Crippen LogP contribution in [0.2, 0.25) is 0 Å². The van der Waals surface area contributed by atoms with E-state index < -0.39 is 0 Å². The van der Waals surface area contributed by atoms with Crippen LogP contribution in [0.15, 0.2) is 0 Å². The summed E-state index contributed by atoms with van der Waals surface area (Å²) in [5.74, 6) is 7.45. The maximum absolute atomic E-state index is 6.92. The molecule has 156 valence electrons. The average Bonchev–Trinajstić information content (AvgIpc) is 3.36. The number of hydrogen-bond acceptors (Lipinski definition) is 1. The summed E-state index contributed by atoms with van der Waals surface area (Å²) in [5, 5.41) is 0. The van der Waals surface area contributed by atoms with Gasteiger partial charge in [-0.3, -0.25) is 0 Å². The molecule has 4 fully saturated rings. The fraction of sp³-hybridized carbons (Fsp3) is 1.00. The molecule has 27 heavy (non-hydrogen) atoms. The minimum atomic E-state index is 0.606. The van der Waals surface area contributed by atoms with Gasteiger partial charge < -0.3 is 4.74 Å². The highest BCUT2D eigenvalue weighted by molar-refractivity contribution is 4.99. The molecule has 0 aromatic carbocycles. The van der Waals surface area contributed by atoms with Crippen LogP contribution in [0, 0.1) is 47.3 Å². The number of rotatable bonds is 4. The molecule has 5 unspecified atom stereocenters. The van der Waals surface area contributed by atoms with Gasteiger partial charge in [0.25, 0.3) is 0 Å². The summed E-state index contributed by atoms with van der Waals surface area (Å²) in [7, 11) is 0. The van der Waals surface area contributed by atoms with E-state index in [-0.39, 0.29) is 0 Å². The highest BCUT2D eigenvalue weighted by atomic mass is 16.5. The second-order valence-corrected chi connectivity index (χ2v) is 11.1. The maximum atomic E-state index is 6.92. The lowest BCUT2D eigenvalue weighted by molar-refractivity contribution is -0.0915. The Bertz CT molecular complexity index is 459. The van der Waals surface area contributed by atoms with Crippen LogP contribution in [0.4, 0.5) is 0 Å². The van der Waals surface area contributed by atoms with Crippen LogP contribution in [0.3, 0.4) is 0 Å². The Morgan fingerprint density at radius 2 is 1.56 bits per heavy atom. The van der Waals surface area contributed by atoms with E-state index in [1.807, 2.05) is 0 Å². The SMILES string of the molecule is CCCCCC1C2CCC(C)C(C)C[C@H]3CC[C@@H]4CCCC[C@H]4[C@H]3OCC12. The van der Waals surface area contributed by atoms with Crippen molar-refractivity contribution < 1.29 is 4.74 Å². The Morgan fingerprint density at radius 1 is 0.741 bits per heavy atom. The van der Waals surface area contributed by atoms with Crippen LogP contribution in [-0.4, -0.2) is 12.7 Å². The molecule has 1 saturated heterocycles. The predicted molar refractivity (Wildman–Crippen MR) is 115 cm³/mol. The van der Waals surface area contributed by atoms with Gasteiger partial charge >= 0.3 is 0 Å².